The molecule has 58 valence electrons. The molecule has 0 saturated heterocycles. The van der Waals surface area contributed by atoms with Gasteiger partial charge in [-0.3, -0.25) is 0 Å². The molecule has 2 N–H and O–H groups in total. The van der Waals surface area contributed by atoms with Crippen molar-refractivity contribution in [2.75, 3.05) is 5.32 Å². The molecule has 1 aliphatic heterocycles. The Hall–Kier alpha value is -0.190. The first-order valence-corrected chi connectivity index (χ1v) is 4.84. The second-order valence-corrected chi connectivity index (χ2v) is 4.29. The molecule has 11 heavy (non-hydrogen) atoms. The van der Waals surface area contributed by atoms with Gasteiger partial charge >= 0.3 is 0 Å². The van der Waals surface area contributed by atoms with Crippen molar-refractivity contribution in [3.8, 4) is 0 Å². The number of aliphatic hydroxyl groups excluding tert-OH is 1. The molecule has 1 unspecified atom stereocenters. The quantitative estimate of drug-likeness (QED) is 0.719. The molecule has 1 aliphatic rings. The van der Waals surface area contributed by atoms with Crippen molar-refractivity contribution < 1.29 is 5.11 Å². The van der Waals surface area contributed by atoms with Gasteiger partial charge in [-0.15, -0.1) is 0 Å². The Morgan fingerprint density at radius 2 is 2.36 bits per heavy atom. The zero-order valence-electron chi connectivity index (χ0n) is 5.54. The summed E-state index contributed by atoms with van der Waals surface area (Å²) in [6.07, 6.45) is 0. The lowest BCUT2D eigenvalue weighted by atomic mass is 10.3. The minimum absolute atomic E-state index is 0.487. The summed E-state index contributed by atoms with van der Waals surface area (Å²) in [5.74, 6) is 0. The van der Waals surface area contributed by atoms with E-state index in [2.05, 4.69) is 21.2 Å². The Morgan fingerprint density at radius 1 is 1.55 bits per heavy atom. The van der Waals surface area contributed by atoms with Crippen LogP contribution in [0.25, 0.3) is 0 Å². The van der Waals surface area contributed by atoms with Gasteiger partial charge in [0.05, 0.1) is 5.69 Å². The molecule has 1 aromatic carbocycles. The van der Waals surface area contributed by atoms with E-state index < -0.39 is 5.56 Å². The smallest absolute Gasteiger partial charge is 0.178 e. The van der Waals surface area contributed by atoms with Crippen LogP contribution in [0.3, 0.4) is 0 Å². The number of thioether (sulfide) groups is 1. The second-order valence-electron chi connectivity index (χ2n) is 2.26. The fourth-order valence-corrected chi connectivity index (χ4v) is 2.18. The summed E-state index contributed by atoms with van der Waals surface area (Å²) in [4.78, 5) is 1.10. The normalized spacial score (nSPS) is 21.1. The zero-order chi connectivity index (χ0) is 7.84. The summed E-state index contributed by atoms with van der Waals surface area (Å²) in [6.45, 7) is 0. The van der Waals surface area contributed by atoms with E-state index in [0.29, 0.717) is 0 Å². The predicted octanol–water partition coefficient (Wildman–Crippen LogP) is 2.24. The number of nitrogens with one attached hydrogen (secondary N) is 1. The molecule has 2 nitrogen and oxygen atoms in total. The van der Waals surface area contributed by atoms with Gasteiger partial charge in [0.2, 0.25) is 0 Å². The molecule has 1 aromatic rings. The van der Waals surface area contributed by atoms with Crippen molar-refractivity contribution in [3.05, 3.63) is 22.7 Å². The minimum Gasteiger partial charge on any atom is -0.364 e. The molecule has 0 radical (unpaired) electrons. The van der Waals surface area contributed by atoms with Crippen molar-refractivity contribution in [3.63, 3.8) is 0 Å². The third-order valence-corrected chi connectivity index (χ3v) is 2.90. The highest BCUT2D eigenvalue weighted by molar-refractivity contribution is 9.10. The number of fused-ring (bicyclic) bond motifs is 1. The summed E-state index contributed by atoms with van der Waals surface area (Å²) in [7, 11) is 0. The number of hydrogen-bond acceptors (Lipinski definition) is 3. The number of anilines is 1. The molecule has 4 heteroatoms. The molecule has 0 fully saturated rings. The van der Waals surface area contributed by atoms with Crippen LogP contribution >= 0.6 is 27.7 Å². The second kappa shape index (κ2) is 2.69. The number of benzene rings is 1. The fraction of sp³-hybridized carbons (Fsp3) is 0.143. The highest BCUT2D eigenvalue weighted by atomic mass is 79.9. The van der Waals surface area contributed by atoms with Crippen LogP contribution in [0.1, 0.15) is 0 Å². The fourth-order valence-electron chi connectivity index (χ4n) is 1.00. The van der Waals surface area contributed by atoms with Crippen molar-refractivity contribution in [1.29, 1.82) is 0 Å². The van der Waals surface area contributed by atoms with Crippen LogP contribution in [0.15, 0.2) is 27.6 Å². The molecule has 0 saturated carbocycles. The Bertz CT molecular complexity index is 292. The lowest BCUT2D eigenvalue weighted by molar-refractivity contribution is 0.294. The average Bonchev–Trinajstić information content (AvgIpc) is 2.27. The Kier molecular flexibility index (Phi) is 1.83. The van der Waals surface area contributed by atoms with Gasteiger partial charge in [0, 0.05) is 9.37 Å². The maximum absolute atomic E-state index is 9.18. The molecule has 0 spiro atoms. The lowest BCUT2D eigenvalue weighted by Crippen LogP contribution is -2.06. The lowest BCUT2D eigenvalue weighted by Gasteiger charge is -1.99. The van der Waals surface area contributed by atoms with Crippen LogP contribution in [0.4, 0.5) is 5.69 Å². The molecular formula is C7H6BrNOS. The third kappa shape index (κ3) is 1.38. The summed E-state index contributed by atoms with van der Waals surface area (Å²) >= 11 is 4.78. The molecule has 2 rings (SSSR count). The van der Waals surface area contributed by atoms with Crippen molar-refractivity contribution in [2.45, 2.75) is 10.5 Å². The minimum atomic E-state index is -0.487. The molecule has 0 amide bonds. The van der Waals surface area contributed by atoms with Crippen molar-refractivity contribution in [1.82, 2.24) is 0 Å². The molecule has 0 aromatic heterocycles. The molecular weight excluding hydrogens is 226 g/mol. The largest absolute Gasteiger partial charge is 0.364 e. The maximum atomic E-state index is 9.18. The predicted molar refractivity (Wildman–Crippen MR) is 49.6 cm³/mol. The van der Waals surface area contributed by atoms with E-state index in [1.54, 1.807) is 0 Å². The Labute approximate surface area is 77.1 Å². The van der Waals surface area contributed by atoms with E-state index in [-0.39, 0.29) is 0 Å². The van der Waals surface area contributed by atoms with Gasteiger partial charge in [-0.1, -0.05) is 27.7 Å². The summed E-state index contributed by atoms with van der Waals surface area (Å²) in [5, 5.41) is 12.1. The van der Waals surface area contributed by atoms with Crippen LogP contribution in [0, 0.1) is 0 Å². The topological polar surface area (TPSA) is 32.3 Å². The first-order valence-electron chi connectivity index (χ1n) is 3.16. The van der Waals surface area contributed by atoms with Gasteiger partial charge in [-0.25, -0.2) is 0 Å². The third-order valence-electron chi connectivity index (χ3n) is 1.46. The average molecular weight is 232 g/mol. The summed E-state index contributed by atoms with van der Waals surface area (Å²) < 4.78 is 1.03. The molecule has 0 aliphatic carbocycles. The highest BCUT2D eigenvalue weighted by Crippen LogP contribution is 2.38. The van der Waals surface area contributed by atoms with E-state index >= 15 is 0 Å². The van der Waals surface area contributed by atoms with Crippen LogP contribution in [0.2, 0.25) is 0 Å². The number of rotatable bonds is 0. The zero-order valence-corrected chi connectivity index (χ0v) is 7.95. The van der Waals surface area contributed by atoms with Crippen LogP contribution in [-0.2, 0) is 0 Å². The van der Waals surface area contributed by atoms with Gasteiger partial charge in [0.1, 0.15) is 0 Å². The van der Waals surface area contributed by atoms with Gasteiger partial charge in [0.15, 0.2) is 5.56 Å². The first kappa shape index (κ1) is 7.46. The van der Waals surface area contributed by atoms with E-state index in [0.717, 1.165) is 15.1 Å². The van der Waals surface area contributed by atoms with Crippen molar-refractivity contribution >= 4 is 33.4 Å². The van der Waals surface area contributed by atoms with Crippen LogP contribution in [-0.4, -0.2) is 10.7 Å². The van der Waals surface area contributed by atoms with Crippen molar-refractivity contribution in [2.24, 2.45) is 0 Å². The van der Waals surface area contributed by atoms with E-state index in [4.69, 9.17) is 0 Å². The standard InChI is InChI=1S/C7H6BrNOS/c8-4-1-2-6-5(3-4)9-7(10)11-6/h1-3,7,9-10H. The Balaban J connectivity index is 2.43. The molecule has 1 heterocycles. The van der Waals surface area contributed by atoms with Gasteiger partial charge < -0.3 is 10.4 Å². The molecule has 1 atom stereocenters. The first-order chi connectivity index (χ1) is 5.25. The SMILES string of the molecule is OC1Nc2cc(Br)ccc2S1. The molecule has 0 bridgehead atoms. The monoisotopic (exact) mass is 231 g/mol. The van der Waals surface area contributed by atoms with E-state index in [9.17, 15) is 5.11 Å². The summed E-state index contributed by atoms with van der Waals surface area (Å²) in [5.41, 5.74) is 0.510. The summed E-state index contributed by atoms with van der Waals surface area (Å²) in [6, 6.07) is 5.90. The Morgan fingerprint density at radius 3 is 3.18 bits per heavy atom. The van der Waals surface area contributed by atoms with Crippen LogP contribution < -0.4 is 5.32 Å². The maximum Gasteiger partial charge on any atom is 0.178 e. The van der Waals surface area contributed by atoms with E-state index in [1.165, 1.54) is 11.8 Å². The van der Waals surface area contributed by atoms with Gasteiger partial charge in [-0.2, -0.15) is 0 Å². The number of aliphatic hydroxyl groups is 1. The highest BCUT2D eigenvalue weighted by Gasteiger charge is 2.17. The van der Waals surface area contributed by atoms with E-state index in [1.807, 2.05) is 18.2 Å². The van der Waals surface area contributed by atoms with Gasteiger partial charge in [-0.05, 0) is 18.2 Å². The van der Waals surface area contributed by atoms with Crippen LogP contribution in [0.5, 0.6) is 0 Å². The van der Waals surface area contributed by atoms with Gasteiger partial charge in [0.25, 0.3) is 0 Å². The number of hydrogen-bond donors (Lipinski definition) is 2. The number of halogens is 1.